The van der Waals surface area contributed by atoms with Gasteiger partial charge in [0.2, 0.25) is 5.91 Å². The monoisotopic (exact) mass is 253 g/mol. The first kappa shape index (κ1) is 14.6. The van der Waals surface area contributed by atoms with Crippen molar-refractivity contribution in [3.63, 3.8) is 0 Å². The Hall–Kier alpha value is -1.42. The second kappa shape index (κ2) is 7.11. The van der Waals surface area contributed by atoms with Crippen LogP contribution < -0.4 is 5.48 Å². The molecule has 1 aromatic rings. The van der Waals surface area contributed by atoms with Crippen molar-refractivity contribution in [1.29, 1.82) is 0 Å². The molecule has 4 heteroatoms. The van der Waals surface area contributed by atoms with Gasteiger partial charge in [-0.3, -0.25) is 10.0 Å². The van der Waals surface area contributed by atoms with Gasteiger partial charge in [-0.25, -0.2) is 9.87 Å². The number of halogens is 1. The summed E-state index contributed by atoms with van der Waals surface area (Å²) >= 11 is 0. The predicted octanol–water partition coefficient (Wildman–Crippen LogP) is 2.99. The van der Waals surface area contributed by atoms with E-state index in [2.05, 4.69) is 0 Å². The molecule has 18 heavy (non-hydrogen) atoms. The Kier molecular flexibility index (Phi) is 5.78. The van der Waals surface area contributed by atoms with Crippen LogP contribution in [0.25, 0.3) is 0 Å². The molecular formula is C14H20FNO2. The van der Waals surface area contributed by atoms with Gasteiger partial charge in [-0.05, 0) is 43.0 Å². The van der Waals surface area contributed by atoms with Gasteiger partial charge in [-0.2, -0.15) is 0 Å². The number of hydrogen-bond acceptors (Lipinski definition) is 2. The molecule has 0 heterocycles. The number of amides is 1. The molecule has 0 aliphatic rings. The standard InChI is InChI=1S/C14H20FNO2/c1-3-4-5-12(14(17)16-18)8-11-6-10(2)7-13(15)9-11/h6-7,9,12,18H,3-5,8H2,1-2H3,(H,16,17). The fourth-order valence-electron chi connectivity index (χ4n) is 2.08. The van der Waals surface area contributed by atoms with Crippen LogP contribution in [-0.2, 0) is 11.2 Å². The molecule has 1 atom stereocenters. The highest BCUT2D eigenvalue weighted by Crippen LogP contribution is 2.18. The minimum absolute atomic E-state index is 0.288. The molecule has 0 fully saturated rings. The molecule has 0 saturated carbocycles. The van der Waals surface area contributed by atoms with E-state index in [1.165, 1.54) is 12.1 Å². The fourth-order valence-corrected chi connectivity index (χ4v) is 2.08. The molecule has 0 aliphatic heterocycles. The van der Waals surface area contributed by atoms with Crippen LogP contribution >= 0.6 is 0 Å². The van der Waals surface area contributed by atoms with Crippen LogP contribution in [0.3, 0.4) is 0 Å². The van der Waals surface area contributed by atoms with E-state index in [0.29, 0.717) is 12.8 Å². The van der Waals surface area contributed by atoms with Gasteiger partial charge < -0.3 is 0 Å². The summed E-state index contributed by atoms with van der Waals surface area (Å²) in [6.45, 7) is 3.86. The van der Waals surface area contributed by atoms with Crippen molar-refractivity contribution in [1.82, 2.24) is 5.48 Å². The average Bonchev–Trinajstić information content (AvgIpc) is 2.32. The van der Waals surface area contributed by atoms with E-state index < -0.39 is 5.91 Å². The van der Waals surface area contributed by atoms with E-state index >= 15 is 0 Å². The topological polar surface area (TPSA) is 49.3 Å². The van der Waals surface area contributed by atoms with Gasteiger partial charge in [-0.15, -0.1) is 0 Å². The number of rotatable bonds is 6. The summed E-state index contributed by atoms with van der Waals surface area (Å²) < 4.78 is 13.3. The smallest absolute Gasteiger partial charge is 0.246 e. The largest absolute Gasteiger partial charge is 0.289 e. The molecule has 0 aliphatic carbocycles. The van der Waals surface area contributed by atoms with Crippen molar-refractivity contribution in [2.24, 2.45) is 5.92 Å². The van der Waals surface area contributed by atoms with E-state index in [4.69, 9.17) is 5.21 Å². The minimum Gasteiger partial charge on any atom is -0.289 e. The Morgan fingerprint density at radius 3 is 2.72 bits per heavy atom. The van der Waals surface area contributed by atoms with Crippen molar-refractivity contribution < 1.29 is 14.4 Å². The average molecular weight is 253 g/mol. The number of carbonyl (C=O) groups excluding carboxylic acids is 1. The van der Waals surface area contributed by atoms with E-state index in [1.807, 2.05) is 19.9 Å². The Balaban J connectivity index is 2.78. The van der Waals surface area contributed by atoms with Crippen LogP contribution in [0, 0.1) is 18.7 Å². The summed E-state index contributed by atoms with van der Waals surface area (Å²) in [4.78, 5) is 11.5. The highest BCUT2D eigenvalue weighted by atomic mass is 19.1. The lowest BCUT2D eigenvalue weighted by Crippen LogP contribution is -2.29. The highest BCUT2D eigenvalue weighted by molar-refractivity contribution is 5.77. The molecule has 2 N–H and O–H groups in total. The van der Waals surface area contributed by atoms with Gasteiger partial charge in [0, 0.05) is 5.92 Å². The summed E-state index contributed by atoms with van der Waals surface area (Å²) in [6.07, 6.45) is 3.03. The molecule has 1 aromatic carbocycles. The van der Waals surface area contributed by atoms with Crippen molar-refractivity contribution >= 4 is 5.91 Å². The minimum atomic E-state index is -0.398. The number of hydrogen-bond donors (Lipinski definition) is 2. The first-order valence-corrected chi connectivity index (χ1v) is 6.26. The van der Waals surface area contributed by atoms with Gasteiger partial charge in [0.25, 0.3) is 0 Å². The second-order valence-electron chi connectivity index (χ2n) is 4.66. The van der Waals surface area contributed by atoms with Crippen LogP contribution in [0.2, 0.25) is 0 Å². The lowest BCUT2D eigenvalue weighted by atomic mass is 9.93. The number of hydroxylamine groups is 1. The van der Waals surface area contributed by atoms with Gasteiger partial charge in [0.15, 0.2) is 0 Å². The van der Waals surface area contributed by atoms with Gasteiger partial charge in [-0.1, -0.05) is 25.8 Å². The van der Waals surface area contributed by atoms with Crippen molar-refractivity contribution in [3.05, 3.63) is 35.1 Å². The molecular weight excluding hydrogens is 233 g/mol. The zero-order valence-corrected chi connectivity index (χ0v) is 10.9. The Bertz CT molecular complexity index is 387. The van der Waals surface area contributed by atoms with E-state index in [0.717, 1.165) is 24.0 Å². The van der Waals surface area contributed by atoms with E-state index in [9.17, 15) is 9.18 Å². The Morgan fingerprint density at radius 2 is 2.17 bits per heavy atom. The quantitative estimate of drug-likeness (QED) is 0.605. The SMILES string of the molecule is CCCCC(Cc1cc(C)cc(F)c1)C(=O)NO. The van der Waals surface area contributed by atoms with Crippen LogP contribution in [-0.4, -0.2) is 11.1 Å². The summed E-state index contributed by atoms with van der Waals surface area (Å²) in [5.74, 6) is -0.995. The number of unbranched alkanes of at least 4 members (excludes halogenated alkanes) is 1. The first-order valence-electron chi connectivity index (χ1n) is 6.26. The van der Waals surface area contributed by atoms with Gasteiger partial charge >= 0.3 is 0 Å². The number of carbonyl (C=O) groups is 1. The predicted molar refractivity (Wildman–Crippen MR) is 67.8 cm³/mol. The molecule has 0 radical (unpaired) electrons. The molecule has 1 rings (SSSR count). The normalized spacial score (nSPS) is 12.2. The molecule has 0 bridgehead atoms. The van der Waals surface area contributed by atoms with E-state index in [1.54, 1.807) is 5.48 Å². The maximum absolute atomic E-state index is 13.3. The number of benzene rings is 1. The van der Waals surface area contributed by atoms with Crippen LogP contribution in [0.15, 0.2) is 18.2 Å². The zero-order valence-electron chi connectivity index (χ0n) is 10.9. The molecule has 1 amide bonds. The lowest BCUT2D eigenvalue weighted by molar-refractivity contribution is -0.133. The van der Waals surface area contributed by atoms with Gasteiger partial charge in [0.05, 0.1) is 0 Å². The van der Waals surface area contributed by atoms with Crippen molar-refractivity contribution in [3.8, 4) is 0 Å². The van der Waals surface area contributed by atoms with Crippen LogP contribution in [0.4, 0.5) is 4.39 Å². The van der Waals surface area contributed by atoms with Gasteiger partial charge in [0.1, 0.15) is 5.82 Å². The van der Waals surface area contributed by atoms with E-state index in [-0.39, 0.29) is 11.7 Å². The Morgan fingerprint density at radius 1 is 1.44 bits per heavy atom. The fraction of sp³-hybridized carbons (Fsp3) is 0.500. The maximum Gasteiger partial charge on any atom is 0.246 e. The summed E-state index contributed by atoms with van der Waals surface area (Å²) in [6, 6.07) is 4.76. The molecule has 0 saturated heterocycles. The van der Waals surface area contributed by atoms with Crippen LogP contribution in [0.5, 0.6) is 0 Å². The third-order valence-corrected chi connectivity index (χ3v) is 2.97. The zero-order chi connectivity index (χ0) is 13.5. The molecule has 0 spiro atoms. The summed E-state index contributed by atoms with van der Waals surface area (Å²) in [5.41, 5.74) is 3.32. The molecule has 1 unspecified atom stereocenters. The lowest BCUT2D eigenvalue weighted by Gasteiger charge is -2.14. The summed E-state index contributed by atoms with van der Waals surface area (Å²) in [5, 5.41) is 8.72. The number of nitrogens with one attached hydrogen (secondary N) is 1. The van der Waals surface area contributed by atoms with Crippen molar-refractivity contribution in [2.45, 2.75) is 39.5 Å². The van der Waals surface area contributed by atoms with Crippen LogP contribution in [0.1, 0.15) is 37.3 Å². The second-order valence-corrected chi connectivity index (χ2v) is 4.66. The molecule has 0 aromatic heterocycles. The maximum atomic E-state index is 13.3. The highest BCUT2D eigenvalue weighted by Gasteiger charge is 2.18. The van der Waals surface area contributed by atoms with Crippen molar-refractivity contribution in [2.75, 3.05) is 0 Å². The molecule has 3 nitrogen and oxygen atoms in total. The third kappa shape index (κ3) is 4.45. The first-order chi connectivity index (χ1) is 8.56. The third-order valence-electron chi connectivity index (χ3n) is 2.97. The summed E-state index contributed by atoms with van der Waals surface area (Å²) in [7, 11) is 0. The Labute approximate surface area is 107 Å². The number of aryl methyl sites for hydroxylation is 1. The molecule has 100 valence electrons.